The Morgan fingerprint density at radius 1 is 0.607 bits per heavy atom. The summed E-state index contributed by atoms with van der Waals surface area (Å²) in [7, 11) is 2.36. The number of imide groups is 2. The van der Waals surface area contributed by atoms with Crippen LogP contribution in [0.25, 0.3) is 0 Å². The second kappa shape index (κ2) is 19.2. The highest BCUT2D eigenvalue weighted by Crippen LogP contribution is 2.29. The van der Waals surface area contributed by atoms with Crippen LogP contribution < -0.4 is 0 Å². The molecule has 5 saturated heterocycles. The van der Waals surface area contributed by atoms with Gasteiger partial charge in [0.1, 0.15) is 43.2 Å². The van der Waals surface area contributed by atoms with Crippen LogP contribution in [0.5, 0.6) is 0 Å². The van der Waals surface area contributed by atoms with Gasteiger partial charge in [0.2, 0.25) is 0 Å². The van der Waals surface area contributed by atoms with Gasteiger partial charge in [-0.05, 0) is 6.42 Å². The Morgan fingerprint density at radius 3 is 1.52 bits per heavy atom. The van der Waals surface area contributed by atoms with Gasteiger partial charge in [0.05, 0.1) is 12.3 Å². The first kappa shape index (κ1) is 43.7. The fourth-order valence-corrected chi connectivity index (χ4v) is 5.48. The molecule has 0 spiro atoms. The van der Waals surface area contributed by atoms with Crippen LogP contribution in [0.15, 0.2) is 12.3 Å². The van der Waals surface area contributed by atoms with Crippen LogP contribution in [-0.4, -0.2) is 178 Å². The van der Waals surface area contributed by atoms with Gasteiger partial charge >= 0.3 is 18.5 Å². The van der Waals surface area contributed by atoms with Crippen molar-refractivity contribution >= 4 is 48.0 Å². The van der Waals surface area contributed by atoms with Crippen molar-refractivity contribution in [3.05, 3.63) is 12.3 Å². The number of aliphatic hydroxyl groups is 5. The van der Waals surface area contributed by atoms with Crippen molar-refractivity contribution in [3.8, 4) is 0 Å². The lowest BCUT2D eigenvalue weighted by atomic mass is 9.99. The number of allylic oxidation sites excluding steroid dienone is 1. The van der Waals surface area contributed by atoms with Crippen LogP contribution in [0, 0.1) is 0 Å². The molecule has 0 aromatic rings. The van der Waals surface area contributed by atoms with E-state index < -0.39 is 123 Å². The third-order valence-corrected chi connectivity index (χ3v) is 8.41. The number of hydrogen-bond acceptors (Lipinski definition) is 23. The maximum atomic E-state index is 12.5. The van der Waals surface area contributed by atoms with E-state index in [1.54, 1.807) is 0 Å². The Labute approximate surface area is 314 Å². The van der Waals surface area contributed by atoms with Crippen molar-refractivity contribution in [3.63, 3.8) is 0 Å². The van der Waals surface area contributed by atoms with Gasteiger partial charge in [0.25, 0.3) is 29.5 Å². The summed E-state index contributed by atoms with van der Waals surface area (Å²) in [5.41, 5.74) is 0.185. The third-order valence-electron chi connectivity index (χ3n) is 8.41. The molecule has 0 aliphatic carbocycles. The normalized spacial score (nSPS) is 31.9. The molecule has 0 aromatic heterocycles. The van der Waals surface area contributed by atoms with Crippen molar-refractivity contribution in [1.29, 1.82) is 0 Å². The predicted molar refractivity (Wildman–Crippen MR) is 165 cm³/mol. The Balaban J connectivity index is 0.000000453. The molecule has 312 valence electrons. The van der Waals surface area contributed by atoms with Gasteiger partial charge in [0.15, 0.2) is 24.8 Å². The number of methoxy groups -OCH3 is 2. The van der Waals surface area contributed by atoms with E-state index in [0.717, 1.165) is 7.11 Å². The lowest BCUT2D eigenvalue weighted by Crippen LogP contribution is -2.62. The monoisotopic (exact) mass is 809 g/mol. The van der Waals surface area contributed by atoms with E-state index in [1.807, 2.05) is 0 Å². The lowest BCUT2D eigenvalue weighted by molar-refractivity contribution is -0.301. The maximum Gasteiger partial charge on any atom is 0.534 e. The smallest absolute Gasteiger partial charge is 0.430 e. The average Bonchev–Trinajstić information content (AvgIpc) is 3.78. The van der Waals surface area contributed by atoms with Crippen molar-refractivity contribution in [2.75, 3.05) is 27.4 Å². The van der Waals surface area contributed by atoms with Crippen LogP contribution in [0.2, 0.25) is 0 Å². The summed E-state index contributed by atoms with van der Waals surface area (Å²) in [5.74, 6) is -3.92. The van der Waals surface area contributed by atoms with Crippen LogP contribution in [0.3, 0.4) is 0 Å². The van der Waals surface area contributed by atoms with Gasteiger partial charge in [-0.3, -0.25) is 38.5 Å². The molecule has 5 aliphatic heterocycles. The Morgan fingerprint density at radius 2 is 1.05 bits per heavy atom. The molecule has 5 rings (SSSR count). The van der Waals surface area contributed by atoms with Crippen LogP contribution in [0.1, 0.15) is 38.5 Å². The van der Waals surface area contributed by atoms with Gasteiger partial charge in [-0.2, -0.15) is 0 Å². The number of hydrogen-bond donors (Lipinski definition) is 5. The molecule has 5 N–H and O–H groups in total. The summed E-state index contributed by atoms with van der Waals surface area (Å²) >= 11 is 0. The number of carbonyl (C=O) groups excluding carboxylic acids is 8. The van der Waals surface area contributed by atoms with Crippen LogP contribution in [-0.2, 0) is 71.6 Å². The summed E-state index contributed by atoms with van der Waals surface area (Å²) in [6, 6.07) is 0. The van der Waals surface area contributed by atoms with Crippen LogP contribution >= 0.6 is 0 Å². The minimum atomic E-state index is -2.07. The molecule has 5 amide bonds. The Kier molecular flexibility index (Phi) is 15.0. The molecule has 26 nitrogen and oxygen atoms in total. The molecule has 26 heteroatoms. The van der Waals surface area contributed by atoms with Crippen molar-refractivity contribution in [2.45, 2.75) is 99.9 Å². The SMILES string of the molecule is C=C1CCC(=O)N1OC(=O)OCC1OC(OC)C(OC(=O)ON2C(=O)CCC2=O)C(O)C1OC(=O)ON1C(=O)CCC1=O.COC1OC(CO)C(O)C(O)C1O. The molecule has 5 fully saturated rings. The fraction of sp³-hybridized carbons (Fsp3) is 0.667. The lowest BCUT2D eigenvalue weighted by Gasteiger charge is -2.41. The highest BCUT2D eigenvalue weighted by molar-refractivity contribution is 6.02. The fourth-order valence-electron chi connectivity index (χ4n) is 5.48. The third kappa shape index (κ3) is 10.2. The second-order valence-corrected chi connectivity index (χ2v) is 12.1. The van der Waals surface area contributed by atoms with E-state index in [1.165, 1.54) is 7.11 Å². The van der Waals surface area contributed by atoms with Gasteiger partial charge in [-0.1, -0.05) is 16.7 Å². The first-order chi connectivity index (χ1) is 26.5. The minimum absolute atomic E-state index is 0.0452. The number of carbonyl (C=O) groups is 8. The van der Waals surface area contributed by atoms with E-state index in [-0.39, 0.29) is 54.3 Å². The number of hydroxylamine groups is 6. The highest BCUT2D eigenvalue weighted by Gasteiger charge is 2.52. The van der Waals surface area contributed by atoms with Crippen LogP contribution in [0.4, 0.5) is 14.4 Å². The topological polar surface area (TPSA) is 340 Å². The summed E-state index contributed by atoms with van der Waals surface area (Å²) in [6.07, 6.45) is -20.4. The Bertz CT molecular complexity index is 1470. The summed E-state index contributed by atoms with van der Waals surface area (Å²) < 4.78 is 35.2. The minimum Gasteiger partial charge on any atom is -0.430 e. The summed E-state index contributed by atoms with van der Waals surface area (Å²) in [6.45, 7) is 2.30. The van der Waals surface area contributed by atoms with Crippen molar-refractivity contribution < 1.29 is 112 Å². The van der Waals surface area contributed by atoms with Crippen molar-refractivity contribution in [2.24, 2.45) is 0 Å². The molecule has 0 bridgehead atoms. The Hall–Kier alpha value is -5.06. The van der Waals surface area contributed by atoms with E-state index in [2.05, 4.69) is 16.3 Å². The average molecular weight is 810 g/mol. The van der Waals surface area contributed by atoms with Gasteiger partial charge in [-0.15, -0.1) is 5.06 Å². The van der Waals surface area contributed by atoms with E-state index in [4.69, 9.17) is 43.1 Å². The zero-order chi connectivity index (χ0) is 41.4. The summed E-state index contributed by atoms with van der Waals surface area (Å²) in [4.78, 5) is 110. The number of aliphatic hydroxyl groups excluding tert-OH is 5. The number of amides is 5. The van der Waals surface area contributed by atoms with Gasteiger partial charge < -0.3 is 58.7 Å². The van der Waals surface area contributed by atoms with Gasteiger partial charge in [-0.25, -0.2) is 14.4 Å². The van der Waals surface area contributed by atoms with E-state index >= 15 is 0 Å². The van der Waals surface area contributed by atoms with Gasteiger partial charge in [0, 0.05) is 46.3 Å². The largest absolute Gasteiger partial charge is 0.534 e. The first-order valence-electron chi connectivity index (χ1n) is 16.5. The second-order valence-electron chi connectivity index (χ2n) is 12.1. The molecule has 0 aromatic carbocycles. The standard InChI is InChI=1S/C23H25N3O17.C7H14O6/c1-10-3-4-12(27)24(10)41-21(33)37-9-11-18(39-22(34)42-25-13(28)5-6-14(25)29)17(32)19(20(36-2)38-11)40-23(35)43-26-15(30)7-8-16(26)31;1-12-7-6(11)5(10)4(9)3(2-8)13-7/h11,17-20,32H,1,3-9H2,2H3;3-11H,2H2,1H3. The predicted octanol–water partition coefficient (Wildman–Crippen LogP) is -3.47. The number of rotatable bonds is 10. The number of ether oxygens (including phenoxy) is 7. The molecule has 5 heterocycles. The zero-order valence-electron chi connectivity index (χ0n) is 29.6. The molecular weight excluding hydrogens is 770 g/mol. The van der Waals surface area contributed by atoms with E-state index in [0.29, 0.717) is 5.06 Å². The molecular formula is C30H39N3O23. The highest BCUT2D eigenvalue weighted by atomic mass is 16.9. The van der Waals surface area contributed by atoms with Crippen molar-refractivity contribution in [1.82, 2.24) is 15.2 Å². The first-order valence-corrected chi connectivity index (χ1v) is 16.5. The molecule has 56 heavy (non-hydrogen) atoms. The molecule has 10 unspecified atom stereocenters. The molecule has 5 aliphatic rings. The van der Waals surface area contributed by atoms with E-state index in [9.17, 15) is 58.8 Å². The number of nitrogens with zero attached hydrogens (tertiary/aromatic N) is 3. The quantitative estimate of drug-likeness (QED) is 0.0813. The summed E-state index contributed by atoms with van der Waals surface area (Å²) in [5, 5.41) is 48.5. The zero-order valence-corrected chi connectivity index (χ0v) is 29.6. The molecule has 10 atom stereocenters. The maximum absolute atomic E-state index is 12.5. The molecule has 0 saturated carbocycles. The molecule has 0 radical (unpaired) electrons.